The van der Waals surface area contributed by atoms with E-state index in [1.165, 1.54) is 0 Å². The van der Waals surface area contributed by atoms with E-state index in [1.54, 1.807) is 6.08 Å². The SMILES string of the molecule is C=C[C@@]1(C[C@H](NCc2ccccc2Cl)c2ccccc2)C[C@]1(C(N)=O)C(=O)O. The van der Waals surface area contributed by atoms with Gasteiger partial charge in [-0.2, -0.15) is 0 Å². The molecule has 1 amide bonds. The number of carboxylic acid groups (broad SMARTS) is 1. The lowest BCUT2D eigenvalue weighted by Crippen LogP contribution is -2.38. The minimum absolute atomic E-state index is 0.158. The number of nitrogens with one attached hydrogen (secondary N) is 1. The summed E-state index contributed by atoms with van der Waals surface area (Å²) >= 11 is 6.26. The van der Waals surface area contributed by atoms with E-state index in [0.29, 0.717) is 18.0 Å². The van der Waals surface area contributed by atoms with Crippen LogP contribution in [0.4, 0.5) is 0 Å². The number of halogens is 1. The molecule has 3 atom stereocenters. The quantitative estimate of drug-likeness (QED) is 0.443. The Morgan fingerprint density at radius 1 is 1.21 bits per heavy atom. The Labute approximate surface area is 169 Å². The summed E-state index contributed by atoms with van der Waals surface area (Å²) in [5.74, 6) is -2.02. The maximum atomic E-state index is 12.0. The van der Waals surface area contributed by atoms with Crippen LogP contribution in [0, 0.1) is 10.8 Å². The smallest absolute Gasteiger partial charge is 0.320 e. The van der Waals surface area contributed by atoms with Crippen LogP contribution in [-0.4, -0.2) is 17.0 Å². The molecule has 0 saturated heterocycles. The average molecular weight is 399 g/mol. The molecule has 2 aromatic carbocycles. The van der Waals surface area contributed by atoms with Crippen LogP contribution >= 0.6 is 11.6 Å². The van der Waals surface area contributed by atoms with Crippen molar-refractivity contribution >= 4 is 23.5 Å². The summed E-state index contributed by atoms with van der Waals surface area (Å²) in [4.78, 5) is 23.9. The highest BCUT2D eigenvalue weighted by atomic mass is 35.5. The van der Waals surface area contributed by atoms with Crippen LogP contribution in [0.1, 0.15) is 30.0 Å². The van der Waals surface area contributed by atoms with Crippen molar-refractivity contribution in [1.82, 2.24) is 5.32 Å². The summed E-state index contributed by atoms with van der Waals surface area (Å²) in [5, 5.41) is 13.8. The summed E-state index contributed by atoms with van der Waals surface area (Å²) in [5.41, 5.74) is 4.92. The molecule has 0 radical (unpaired) electrons. The van der Waals surface area contributed by atoms with Crippen LogP contribution in [0.25, 0.3) is 0 Å². The number of carbonyl (C=O) groups is 2. The van der Waals surface area contributed by atoms with Crippen molar-refractivity contribution in [3.8, 4) is 0 Å². The monoisotopic (exact) mass is 398 g/mol. The molecule has 28 heavy (non-hydrogen) atoms. The lowest BCUT2D eigenvalue weighted by atomic mass is 9.84. The Balaban J connectivity index is 1.88. The van der Waals surface area contributed by atoms with Crippen molar-refractivity contribution in [3.63, 3.8) is 0 Å². The van der Waals surface area contributed by atoms with Crippen LogP contribution in [0.3, 0.4) is 0 Å². The molecule has 0 spiro atoms. The Morgan fingerprint density at radius 3 is 2.39 bits per heavy atom. The second-order valence-corrected chi connectivity index (χ2v) is 7.66. The standard InChI is InChI=1S/C22H23ClN2O3/c1-2-21(14-22(21,19(24)26)20(27)28)12-18(15-8-4-3-5-9-15)25-13-16-10-6-7-11-17(16)23/h2-11,18,25H,1,12-14H2,(H2,24,26)(H,27,28)/t18-,21+,22-/m0/s1. The number of allylic oxidation sites excluding steroid dienone is 1. The van der Waals surface area contributed by atoms with Gasteiger partial charge in [0.1, 0.15) is 0 Å². The van der Waals surface area contributed by atoms with Gasteiger partial charge in [-0.3, -0.25) is 9.59 Å². The normalized spacial score (nSPS) is 24.3. The topological polar surface area (TPSA) is 92.4 Å². The van der Waals surface area contributed by atoms with Crippen LogP contribution in [0.5, 0.6) is 0 Å². The maximum absolute atomic E-state index is 12.0. The third-order valence-corrected chi connectivity index (χ3v) is 6.12. The molecule has 5 nitrogen and oxygen atoms in total. The highest BCUT2D eigenvalue weighted by Gasteiger charge is 2.75. The Hall–Kier alpha value is -2.63. The van der Waals surface area contributed by atoms with Gasteiger partial charge >= 0.3 is 5.97 Å². The van der Waals surface area contributed by atoms with Gasteiger partial charge in [-0.25, -0.2) is 0 Å². The molecule has 0 bridgehead atoms. The molecule has 1 saturated carbocycles. The van der Waals surface area contributed by atoms with Gasteiger partial charge in [-0.05, 0) is 30.0 Å². The fourth-order valence-corrected chi connectivity index (χ4v) is 4.17. The molecule has 3 rings (SSSR count). The van der Waals surface area contributed by atoms with E-state index in [0.717, 1.165) is 11.1 Å². The number of carboxylic acids is 1. The van der Waals surface area contributed by atoms with Gasteiger partial charge in [0.05, 0.1) is 0 Å². The summed E-state index contributed by atoms with van der Waals surface area (Å²) in [6, 6.07) is 17.0. The lowest BCUT2D eigenvalue weighted by molar-refractivity contribution is -0.149. The first-order chi connectivity index (χ1) is 13.4. The Morgan fingerprint density at radius 2 is 1.86 bits per heavy atom. The second-order valence-electron chi connectivity index (χ2n) is 7.25. The van der Waals surface area contributed by atoms with Gasteiger partial charge < -0.3 is 16.2 Å². The number of benzene rings is 2. The van der Waals surface area contributed by atoms with E-state index in [1.807, 2.05) is 54.6 Å². The van der Waals surface area contributed by atoms with Crippen molar-refractivity contribution < 1.29 is 14.7 Å². The second kappa shape index (κ2) is 7.78. The number of aliphatic carboxylic acids is 1. The number of hydrogen-bond donors (Lipinski definition) is 3. The van der Waals surface area contributed by atoms with Crippen molar-refractivity contribution in [2.45, 2.75) is 25.4 Å². The summed E-state index contributed by atoms with van der Waals surface area (Å²) in [6.45, 7) is 4.32. The number of primary amides is 1. The molecule has 1 aliphatic carbocycles. The molecule has 0 unspecified atom stereocenters. The van der Waals surface area contributed by atoms with Crippen LogP contribution in [0.15, 0.2) is 67.3 Å². The predicted octanol–water partition coefficient (Wildman–Crippen LogP) is 3.69. The third-order valence-electron chi connectivity index (χ3n) is 5.75. The highest BCUT2D eigenvalue weighted by Crippen LogP contribution is 2.68. The number of rotatable bonds is 9. The van der Waals surface area contributed by atoms with Gasteiger partial charge in [-0.1, -0.05) is 66.2 Å². The van der Waals surface area contributed by atoms with Crippen molar-refractivity contribution in [2.75, 3.05) is 0 Å². The zero-order valence-electron chi connectivity index (χ0n) is 15.4. The predicted molar refractivity (Wildman–Crippen MR) is 109 cm³/mol. The lowest BCUT2D eigenvalue weighted by Gasteiger charge is -2.26. The van der Waals surface area contributed by atoms with Gasteiger partial charge in [-0.15, -0.1) is 6.58 Å². The molecule has 6 heteroatoms. The van der Waals surface area contributed by atoms with E-state index >= 15 is 0 Å². The zero-order valence-corrected chi connectivity index (χ0v) is 16.2. The molecule has 1 fully saturated rings. The van der Waals surface area contributed by atoms with E-state index in [2.05, 4.69) is 11.9 Å². The van der Waals surface area contributed by atoms with E-state index < -0.39 is 22.7 Å². The van der Waals surface area contributed by atoms with Gasteiger partial charge in [0.2, 0.25) is 5.91 Å². The molecule has 0 aromatic heterocycles. The average Bonchev–Trinajstić information content (AvgIpc) is 3.38. The third kappa shape index (κ3) is 3.43. The number of carbonyl (C=O) groups excluding carboxylic acids is 1. The summed E-state index contributed by atoms with van der Waals surface area (Å²) in [7, 11) is 0. The minimum atomic E-state index is -1.60. The molecule has 146 valence electrons. The first kappa shape index (κ1) is 20.1. The summed E-state index contributed by atoms with van der Waals surface area (Å²) in [6.07, 6.45) is 2.12. The number of hydrogen-bond acceptors (Lipinski definition) is 3. The van der Waals surface area contributed by atoms with Gasteiger partial charge in [0.15, 0.2) is 5.41 Å². The van der Waals surface area contributed by atoms with Crippen LogP contribution in [0.2, 0.25) is 5.02 Å². The maximum Gasteiger partial charge on any atom is 0.320 e. The molecule has 2 aromatic rings. The molecule has 0 aliphatic heterocycles. The Kier molecular flexibility index (Phi) is 5.59. The Bertz CT molecular complexity index is 886. The molecule has 4 N–H and O–H groups in total. The van der Waals surface area contributed by atoms with Crippen molar-refractivity contribution in [1.29, 1.82) is 0 Å². The fourth-order valence-electron chi connectivity index (χ4n) is 3.96. The van der Waals surface area contributed by atoms with E-state index in [-0.39, 0.29) is 12.5 Å². The van der Waals surface area contributed by atoms with Crippen molar-refractivity contribution in [3.05, 3.63) is 83.4 Å². The first-order valence-electron chi connectivity index (χ1n) is 9.05. The molecular weight excluding hydrogens is 376 g/mol. The molecular formula is C22H23ClN2O3. The molecule has 1 aliphatic rings. The number of nitrogens with two attached hydrogens (primary N) is 1. The van der Waals surface area contributed by atoms with Gasteiger partial charge in [0.25, 0.3) is 0 Å². The van der Waals surface area contributed by atoms with Gasteiger partial charge in [0, 0.05) is 23.0 Å². The summed E-state index contributed by atoms with van der Waals surface area (Å²) < 4.78 is 0. The number of amides is 1. The van der Waals surface area contributed by atoms with Crippen molar-refractivity contribution in [2.24, 2.45) is 16.6 Å². The van der Waals surface area contributed by atoms with Crippen LogP contribution in [-0.2, 0) is 16.1 Å². The minimum Gasteiger partial charge on any atom is -0.480 e. The highest BCUT2D eigenvalue weighted by molar-refractivity contribution is 6.31. The zero-order chi connectivity index (χ0) is 20.4. The molecule has 0 heterocycles. The van der Waals surface area contributed by atoms with E-state index in [9.17, 15) is 14.7 Å². The van der Waals surface area contributed by atoms with E-state index in [4.69, 9.17) is 17.3 Å². The fraction of sp³-hybridized carbons (Fsp3) is 0.273. The van der Waals surface area contributed by atoms with Crippen LogP contribution < -0.4 is 11.1 Å². The largest absolute Gasteiger partial charge is 0.480 e. The first-order valence-corrected chi connectivity index (χ1v) is 9.43.